The number of carbonyl (C=O) groups is 1. The molecule has 2 aromatic rings. The van der Waals surface area contributed by atoms with E-state index in [1.807, 2.05) is 26.0 Å². The van der Waals surface area contributed by atoms with Gasteiger partial charge in [-0.1, -0.05) is 0 Å². The van der Waals surface area contributed by atoms with E-state index in [0.29, 0.717) is 17.9 Å². The predicted molar refractivity (Wildman–Crippen MR) is 99.4 cm³/mol. The van der Waals surface area contributed by atoms with E-state index >= 15 is 0 Å². The van der Waals surface area contributed by atoms with Gasteiger partial charge >= 0.3 is 5.69 Å². The molecule has 1 unspecified atom stereocenters. The van der Waals surface area contributed by atoms with Crippen molar-refractivity contribution in [3.05, 3.63) is 56.4 Å². The number of nitrogens with zero attached hydrogens (tertiary/aromatic N) is 2. The van der Waals surface area contributed by atoms with Crippen LogP contribution in [0.2, 0.25) is 0 Å². The number of benzene rings is 1. The fraction of sp³-hybridized carbons (Fsp3) is 0.421. The van der Waals surface area contributed by atoms with Crippen molar-refractivity contribution in [2.45, 2.75) is 31.9 Å². The van der Waals surface area contributed by atoms with E-state index < -0.39 is 22.8 Å². The molecule has 1 aromatic carbocycles. The Morgan fingerprint density at radius 1 is 1.22 bits per heavy atom. The standard InChI is InChI=1S/C19H23N3O5/c1-19(2)10-13(12-8-11(26-5)6-7-15(12)27-19)20-17(24)14-9-16(23)22(4)18(25)21(14)3/h6-9,13H,10H2,1-5H3,(H,20,24). The Bertz CT molecular complexity index is 1020. The van der Waals surface area contributed by atoms with Crippen molar-refractivity contribution in [1.29, 1.82) is 0 Å². The lowest BCUT2D eigenvalue weighted by atomic mass is 9.89. The molecule has 1 amide bonds. The van der Waals surface area contributed by atoms with Crippen molar-refractivity contribution < 1.29 is 14.3 Å². The molecular formula is C19H23N3O5. The molecule has 2 heterocycles. The minimum atomic E-state index is -0.554. The summed E-state index contributed by atoms with van der Waals surface area (Å²) in [4.78, 5) is 36.9. The summed E-state index contributed by atoms with van der Waals surface area (Å²) in [5.74, 6) is 0.816. The number of rotatable bonds is 3. The summed E-state index contributed by atoms with van der Waals surface area (Å²) in [6.45, 7) is 3.88. The Kier molecular flexibility index (Phi) is 4.59. The third-order valence-electron chi connectivity index (χ3n) is 4.74. The fourth-order valence-corrected chi connectivity index (χ4v) is 3.27. The number of hydrogen-bond acceptors (Lipinski definition) is 5. The van der Waals surface area contributed by atoms with Gasteiger partial charge < -0.3 is 14.8 Å². The van der Waals surface area contributed by atoms with Gasteiger partial charge in [-0.05, 0) is 32.0 Å². The summed E-state index contributed by atoms with van der Waals surface area (Å²) in [5, 5.41) is 2.93. The third-order valence-corrected chi connectivity index (χ3v) is 4.74. The van der Waals surface area contributed by atoms with Crippen LogP contribution in [0.15, 0.2) is 33.9 Å². The minimum absolute atomic E-state index is 0.0110. The molecule has 0 saturated carbocycles. The zero-order valence-corrected chi connectivity index (χ0v) is 16.0. The van der Waals surface area contributed by atoms with Crippen LogP contribution in [0.4, 0.5) is 0 Å². The van der Waals surface area contributed by atoms with Gasteiger partial charge in [-0.15, -0.1) is 0 Å². The van der Waals surface area contributed by atoms with E-state index in [4.69, 9.17) is 9.47 Å². The van der Waals surface area contributed by atoms with Crippen LogP contribution in [0.5, 0.6) is 11.5 Å². The third kappa shape index (κ3) is 3.47. The summed E-state index contributed by atoms with van der Waals surface area (Å²) < 4.78 is 13.4. The summed E-state index contributed by atoms with van der Waals surface area (Å²) >= 11 is 0. The predicted octanol–water partition coefficient (Wildman–Crippen LogP) is 1.12. The molecule has 1 N–H and O–H groups in total. The highest BCUT2D eigenvalue weighted by molar-refractivity contribution is 5.92. The maximum atomic E-state index is 12.8. The maximum Gasteiger partial charge on any atom is 0.331 e. The number of ether oxygens (including phenoxy) is 2. The number of hydrogen-bond donors (Lipinski definition) is 1. The topological polar surface area (TPSA) is 91.6 Å². The monoisotopic (exact) mass is 373 g/mol. The van der Waals surface area contributed by atoms with Crippen molar-refractivity contribution in [1.82, 2.24) is 14.5 Å². The normalized spacial score (nSPS) is 17.6. The molecule has 0 fully saturated rings. The van der Waals surface area contributed by atoms with Gasteiger partial charge in [0, 0.05) is 32.1 Å². The molecule has 3 rings (SSSR count). The highest BCUT2D eigenvalue weighted by atomic mass is 16.5. The number of nitrogens with one attached hydrogen (secondary N) is 1. The number of aromatic nitrogens is 2. The molecule has 0 aliphatic carbocycles. The van der Waals surface area contributed by atoms with Crippen LogP contribution in [0.25, 0.3) is 0 Å². The smallest absolute Gasteiger partial charge is 0.331 e. The second-order valence-electron chi connectivity index (χ2n) is 7.26. The van der Waals surface area contributed by atoms with Crippen molar-refractivity contribution >= 4 is 5.91 Å². The van der Waals surface area contributed by atoms with Gasteiger partial charge in [-0.2, -0.15) is 0 Å². The van der Waals surface area contributed by atoms with Crippen LogP contribution in [-0.2, 0) is 14.1 Å². The van der Waals surface area contributed by atoms with Crippen molar-refractivity contribution in [3.8, 4) is 11.5 Å². The van der Waals surface area contributed by atoms with Crippen LogP contribution in [0, 0.1) is 0 Å². The molecule has 8 nitrogen and oxygen atoms in total. The van der Waals surface area contributed by atoms with Gasteiger partial charge in [-0.25, -0.2) is 4.79 Å². The minimum Gasteiger partial charge on any atom is -0.497 e. The van der Waals surface area contributed by atoms with Crippen LogP contribution in [-0.4, -0.2) is 27.8 Å². The Hall–Kier alpha value is -3.03. The Morgan fingerprint density at radius 3 is 2.59 bits per heavy atom. The number of carbonyl (C=O) groups excluding carboxylic acids is 1. The van der Waals surface area contributed by atoms with Gasteiger partial charge in [0.1, 0.15) is 22.8 Å². The molecule has 27 heavy (non-hydrogen) atoms. The molecule has 1 aromatic heterocycles. The van der Waals surface area contributed by atoms with E-state index in [2.05, 4.69) is 5.32 Å². The van der Waals surface area contributed by atoms with Crippen molar-refractivity contribution in [2.75, 3.05) is 7.11 Å². The fourth-order valence-electron chi connectivity index (χ4n) is 3.27. The molecular weight excluding hydrogens is 350 g/mol. The number of amides is 1. The summed E-state index contributed by atoms with van der Waals surface area (Å²) in [6, 6.07) is 6.23. The zero-order valence-electron chi connectivity index (χ0n) is 16.0. The van der Waals surface area contributed by atoms with Crippen LogP contribution >= 0.6 is 0 Å². The van der Waals surface area contributed by atoms with E-state index in [1.165, 1.54) is 14.1 Å². The maximum absolute atomic E-state index is 12.8. The van der Waals surface area contributed by atoms with E-state index in [9.17, 15) is 14.4 Å². The average Bonchev–Trinajstić information content (AvgIpc) is 2.61. The number of fused-ring (bicyclic) bond motifs is 1. The Labute approximate surface area is 156 Å². The SMILES string of the molecule is COc1ccc2c(c1)C(NC(=O)c1cc(=O)n(C)c(=O)n1C)CC(C)(C)O2. The molecule has 1 aliphatic rings. The summed E-state index contributed by atoms with van der Waals surface area (Å²) in [7, 11) is 4.40. The first-order chi connectivity index (χ1) is 12.6. The first-order valence-electron chi connectivity index (χ1n) is 8.58. The lowest BCUT2D eigenvalue weighted by Crippen LogP contribution is -2.44. The van der Waals surface area contributed by atoms with Gasteiger partial charge in [0.15, 0.2) is 0 Å². The van der Waals surface area contributed by atoms with Crippen molar-refractivity contribution in [3.63, 3.8) is 0 Å². The van der Waals surface area contributed by atoms with Gasteiger partial charge in [0.05, 0.1) is 13.2 Å². The van der Waals surface area contributed by atoms with Gasteiger partial charge in [0.2, 0.25) is 0 Å². The molecule has 1 aliphatic heterocycles. The second-order valence-corrected chi connectivity index (χ2v) is 7.26. The van der Waals surface area contributed by atoms with Gasteiger partial charge in [0.25, 0.3) is 11.5 Å². The summed E-state index contributed by atoms with van der Waals surface area (Å²) in [5.41, 5.74) is -0.773. The molecule has 0 saturated heterocycles. The summed E-state index contributed by atoms with van der Waals surface area (Å²) in [6.07, 6.45) is 0.525. The first kappa shape index (κ1) is 18.8. The highest BCUT2D eigenvalue weighted by Gasteiger charge is 2.35. The Morgan fingerprint density at radius 2 is 1.93 bits per heavy atom. The Balaban J connectivity index is 2.00. The largest absolute Gasteiger partial charge is 0.497 e. The highest BCUT2D eigenvalue weighted by Crippen LogP contribution is 2.41. The van der Waals surface area contributed by atoms with Crippen LogP contribution in [0.3, 0.4) is 0 Å². The van der Waals surface area contributed by atoms with Crippen LogP contribution in [0.1, 0.15) is 42.4 Å². The lowest BCUT2D eigenvalue weighted by Gasteiger charge is -2.38. The zero-order chi connectivity index (χ0) is 19.9. The molecule has 0 spiro atoms. The average molecular weight is 373 g/mol. The molecule has 0 bridgehead atoms. The van der Waals surface area contributed by atoms with Crippen LogP contribution < -0.4 is 26.0 Å². The number of methoxy groups -OCH3 is 1. The molecule has 1 atom stereocenters. The molecule has 144 valence electrons. The van der Waals surface area contributed by atoms with E-state index in [1.54, 1.807) is 13.2 Å². The van der Waals surface area contributed by atoms with E-state index in [-0.39, 0.29) is 11.7 Å². The first-order valence-corrected chi connectivity index (χ1v) is 8.58. The lowest BCUT2D eigenvalue weighted by molar-refractivity contribution is 0.0615. The van der Waals surface area contributed by atoms with Crippen molar-refractivity contribution in [2.24, 2.45) is 14.1 Å². The molecule has 0 radical (unpaired) electrons. The van der Waals surface area contributed by atoms with E-state index in [0.717, 1.165) is 20.8 Å². The quantitative estimate of drug-likeness (QED) is 0.871. The second kappa shape index (κ2) is 6.61. The van der Waals surface area contributed by atoms with Gasteiger partial charge in [-0.3, -0.25) is 18.7 Å². The molecule has 8 heteroatoms.